The maximum Gasteiger partial charge on any atom is 0.330 e. The maximum absolute atomic E-state index is 13.9. The lowest BCUT2D eigenvalue weighted by molar-refractivity contribution is -0.149. The Bertz CT molecular complexity index is 409. The zero-order valence-electron chi connectivity index (χ0n) is 11.1. The van der Waals surface area contributed by atoms with Gasteiger partial charge >= 0.3 is 5.97 Å². The summed E-state index contributed by atoms with van der Waals surface area (Å²) < 4.78 is 18.8. The van der Waals surface area contributed by atoms with Gasteiger partial charge in [-0.1, -0.05) is 32.0 Å². The zero-order valence-corrected chi connectivity index (χ0v) is 11.1. The van der Waals surface area contributed by atoms with Crippen molar-refractivity contribution in [2.75, 3.05) is 13.7 Å². The molecule has 1 rings (SSSR count). The molecular formula is C14H20FNO2. The second-order valence-electron chi connectivity index (χ2n) is 4.16. The van der Waals surface area contributed by atoms with Gasteiger partial charge in [0, 0.05) is 5.56 Å². The maximum atomic E-state index is 13.9. The van der Waals surface area contributed by atoms with E-state index in [1.165, 1.54) is 13.2 Å². The van der Waals surface area contributed by atoms with Crippen molar-refractivity contribution in [2.45, 2.75) is 32.2 Å². The third kappa shape index (κ3) is 2.70. The summed E-state index contributed by atoms with van der Waals surface area (Å²) in [5.41, 5.74) is -0.761. The molecule has 0 aliphatic carbocycles. The van der Waals surface area contributed by atoms with Crippen LogP contribution in [0.1, 0.15) is 32.3 Å². The fraction of sp³-hybridized carbons (Fsp3) is 0.500. The second kappa shape index (κ2) is 6.50. The van der Waals surface area contributed by atoms with E-state index >= 15 is 0 Å². The number of hydrogen-bond donors (Lipinski definition) is 1. The van der Waals surface area contributed by atoms with E-state index in [0.29, 0.717) is 18.5 Å². The van der Waals surface area contributed by atoms with E-state index in [4.69, 9.17) is 4.74 Å². The van der Waals surface area contributed by atoms with E-state index in [0.717, 1.165) is 6.42 Å². The Balaban J connectivity index is 3.25. The molecule has 0 amide bonds. The Kier molecular flexibility index (Phi) is 5.28. The molecule has 0 spiro atoms. The highest BCUT2D eigenvalue weighted by Crippen LogP contribution is 2.28. The first kappa shape index (κ1) is 14.6. The molecule has 0 aliphatic rings. The van der Waals surface area contributed by atoms with Crippen LogP contribution in [0.3, 0.4) is 0 Å². The van der Waals surface area contributed by atoms with Gasteiger partial charge in [-0.2, -0.15) is 0 Å². The Hall–Kier alpha value is -1.42. The van der Waals surface area contributed by atoms with Gasteiger partial charge in [0.15, 0.2) is 0 Å². The average molecular weight is 253 g/mol. The highest BCUT2D eigenvalue weighted by molar-refractivity contribution is 5.82. The van der Waals surface area contributed by atoms with E-state index in [-0.39, 0.29) is 0 Å². The van der Waals surface area contributed by atoms with Crippen LogP contribution in [0.15, 0.2) is 24.3 Å². The molecule has 4 heteroatoms. The summed E-state index contributed by atoms with van der Waals surface area (Å²) in [5, 5.41) is 3.13. The van der Waals surface area contributed by atoms with Crippen LogP contribution in [0, 0.1) is 5.82 Å². The van der Waals surface area contributed by atoms with Gasteiger partial charge in [0.25, 0.3) is 0 Å². The highest BCUT2D eigenvalue weighted by atomic mass is 19.1. The topological polar surface area (TPSA) is 38.3 Å². The zero-order chi connectivity index (χ0) is 13.6. The minimum atomic E-state index is -1.10. The molecule has 1 atom stereocenters. The number of halogens is 1. The first-order valence-corrected chi connectivity index (χ1v) is 6.20. The van der Waals surface area contributed by atoms with Crippen LogP contribution in [-0.2, 0) is 15.1 Å². The lowest BCUT2D eigenvalue weighted by Crippen LogP contribution is -2.50. The fourth-order valence-electron chi connectivity index (χ4n) is 2.06. The number of hydrogen-bond acceptors (Lipinski definition) is 3. The van der Waals surface area contributed by atoms with Gasteiger partial charge in [0.1, 0.15) is 11.4 Å². The first-order valence-electron chi connectivity index (χ1n) is 6.20. The number of methoxy groups -OCH3 is 1. The molecular weight excluding hydrogens is 233 g/mol. The fourth-order valence-corrected chi connectivity index (χ4v) is 2.06. The number of carbonyl (C=O) groups is 1. The van der Waals surface area contributed by atoms with Crippen molar-refractivity contribution >= 4 is 5.97 Å². The predicted molar refractivity (Wildman–Crippen MR) is 68.7 cm³/mol. The van der Waals surface area contributed by atoms with Crippen LogP contribution in [0.4, 0.5) is 4.39 Å². The van der Waals surface area contributed by atoms with Crippen LogP contribution in [0.25, 0.3) is 0 Å². The predicted octanol–water partition coefficient (Wildman–Crippen LogP) is 2.60. The van der Waals surface area contributed by atoms with Crippen molar-refractivity contribution in [3.8, 4) is 0 Å². The van der Waals surface area contributed by atoms with Gasteiger partial charge in [-0.05, 0) is 25.5 Å². The molecule has 0 radical (unpaired) electrons. The SMILES string of the molecule is CCCNC(CC)(C(=O)OC)c1ccccc1F. The Morgan fingerprint density at radius 1 is 1.39 bits per heavy atom. The molecule has 100 valence electrons. The minimum absolute atomic E-state index is 0.341. The summed E-state index contributed by atoms with van der Waals surface area (Å²) in [5.74, 6) is -0.850. The molecule has 18 heavy (non-hydrogen) atoms. The third-order valence-corrected chi connectivity index (χ3v) is 3.07. The third-order valence-electron chi connectivity index (χ3n) is 3.07. The molecule has 0 aliphatic heterocycles. The summed E-state index contributed by atoms with van der Waals surface area (Å²) in [4.78, 5) is 12.1. The van der Waals surface area contributed by atoms with Crippen molar-refractivity contribution in [3.05, 3.63) is 35.6 Å². The summed E-state index contributed by atoms with van der Waals surface area (Å²) in [6.07, 6.45) is 1.29. The van der Waals surface area contributed by atoms with Crippen LogP contribution in [-0.4, -0.2) is 19.6 Å². The van der Waals surface area contributed by atoms with Crippen LogP contribution in [0.2, 0.25) is 0 Å². The summed E-state index contributed by atoms with van der Waals surface area (Å²) in [7, 11) is 1.32. The largest absolute Gasteiger partial charge is 0.467 e. The summed E-state index contributed by atoms with van der Waals surface area (Å²) >= 11 is 0. The van der Waals surface area contributed by atoms with Gasteiger partial charge in [0.2, 0.25) is 0 Å². The molecule has 1 aromatic carbocycles. The number of carbonyl (C=O) groups excluding carboxylic acids is 1. The first-order chi connectivity index (χ1) is 8.62. The minimum Gasteiger partial charge on any atom is -0.467 e. The van der Waals surface area contributed by atoms with Crippen molar-refractivity contribution in [3.63, 3.8) is 0 Å². The summed E-state index contributed by atoms with van der Waals surface area (Å²) in [6.45, 7) is 4.45. The van der Waals surface area contributed by atoms with Gasteiger partial charge in [-0.3, -0.25) is 5.32 Å². The molecule has 3 nitrogen and oxygen atoms in total. The van der Waals surface area contributed by atoms with Crippen LogP contribution >= 0.6 is 0 Å². The quantitative estimate of drug-likeness (QED) is 0.792. The monoisotopic (exact) mass is 253 g/mol. The van der Waals surface area contributed by atoms with E-state index in [1.807, 2.05) is 13.8 Å². The standard InChI is InChI=1S/C14H20FNO2/c1-4-10-16-14(5-2,13(17)18-3)11-8-6-7-9-12(11)15/h6-9,16H,4-5,10H2,1-3H3. The Morgan fingerprint density at radius 2 is 2.06 bits per heavy atom. The molecule has 0 aromatic heterocycles. The van der Waals surface area contributed by atoms with E-state index in [1.54, 1.807) is 18.2 Å². The average Bonchev–Trinajstić information content (AvgIpc) is 2.41. The van der Waals surface area contributed by atoms with Gasteiger partial charge in [0.05, 0.1) is 7.11 Å². The number of ether oxygens (including phenoxy) is 1. The highest BCUT2D eigenvalue weighted by Gasteiger charge is 2.41. The van der Waals surface area contributed by atoms with E-state index in [2.05, 4.69) is 5.32 Å². The number of nitrogens with one attached hydrogen (secondary N) is 1. The molecule has 0 fully saturated rings. The second-order valence-corrected chi connectivity index (χ2v) is 4.16. The molecule has 1 unspecified atom stereocenters. The van der Waals surface area contributed by atoms with E-state index < -0.39 is 17.3 Å². The molecule has 0 saturated carbocycles. The molecule has 0 saturated heterocycles. The molecule has 1 aromatic rings. The van der Waals surface area contributed by atoms with Gasteiger partial charge in [-0.25, -0.2) is 9.18 Å². The molecule has 1 N–H and O–H groups in total. The number of rotatable bonds is 6. The van der Waals surface area contributed by atoms with Crippen molar-refractivity contribution < 1.29 is 13.9 Å². The lowest BCUT2D eigenvalue weighted by atomic mass is 9.86. The van der Waals surface area contributed by atoms with Crippen molar-refractivity contribution in [1.82, 2.24) is 5.32 Å². The van der Waals surface area contributed by atoms with Crippen LogP contribution in [0.5, 0.6) is 0 Å². The molecule has 0 heterocycles. The van der Waals surface area contributed by atoms with E-state index in [9.17, 15) is 9.18 Å². The molecule has 0 bridgehead atoms. The van der Waals surface area contributed by atoms with Gasteiger partial charge in [-0.15, -0.1) is 0 Å². The van der Waals surface area contributed by atoms with Crippen molar-refractivity contribution in [2.24, 2.45) is 0 Å². The number of benzene rings is 1. The lowest BCUT2D eigenvalue weighted by Gasteiger charge is -2.31. The summed E-state index contributed by atoms with van der Waals surface area (Å²) in [6, 6.07) is 6.31. The van der Waals surface area contributed by atoms with Crippen molar-refractivity contribution in [1.29, 1.82) is 0 Å². The number of esters is 1. The Labute approximate surface area is 107 Å². The van der Waals surface area contributed by atoms with Gasteiger partial charge < -0.3 is 4.74 Å². The normalized spacial score (nSPS) is 14.0. The Morgan fingerprint density at radius 3 is 2.56 bits per heavy atom. The van der Waals surface area contributed by atoms with Crippen LogP contribution < -0.4 is 5.32 Å². The smallest absolute Gasteiger partial charge is 0.330 e.